The Bertz CT molecular complexity index is 943. The molecular weight excluding hydrogens is 418 g/mol. The van der Waals surface area contributed by atoms with Gasteiger partial charge in [-0.2, -0.15) is 0 Å². The lowest BCUT2D eigenvalue weighted by atomic mass is 10.1. The average Bonchev–Trinajstić information content (AvgIpc) is 3.32. The third kappa shape index (κ3) is 4.66. The molecule has 0 saturated carbocycles. The number of carbonyl (C=O) groups excluding carboxylic acids is 1. The number of nitrogens with one attached hydrogen (secondary N) is 1. The molecule has 1 saturated heterocycles. The number of rotatable bonds is 6. The van der Waals surface area contributed by atoms with Gasteiger partial charge in [-0.1, -0.05) is 58.4 Å². The molecule has 1 aromatic heterocycles. The van der Waals surface area contributed by atoms with E-state index in [1.807, 2.05) is 42.5 Å². The number of aromatic nitrogens is 3. The molecule has 1 unspecified atom stereocenters. The Morgan fingerprint density at radius 1 is 1.11 bits per heavy atom. The number of hydrogen-bond donors (Lipinski definition) is 1. The summed E-state index contributed by atoms with van der Waals surface area (Å²) in [4.78, 5) is 19.2. The first-order chi connectivity index (χ1) is 13.7. The van der Waals surface area contributed by atoms with Crippen molar-refractivity contribution in [2.24, 2.45) is 0 Å². The third-order valence-electron chi connectivity index (χ3n) is 4.90. The fourth-order valence-electron chi connectivity index (χ4n) is 3.57. The zero-order chi connectivity index (χ0) is 19.3. The lowest BCUT2D eigenvalue weighted by Gasteiger charge is -2.23. The van der Waals surface area contributed by atoms with Crippen molar-refractivity contribution in [1.82, 2.24) is 19.7 Å². The molecule has 1 aliphatic rings. The topological polar surface area (TPSA) is 63.1 Å². The molecule has 1 amide bonds. The van der Waals surface area contributed by atoms with E-state index in [0.717, 1.165) is 36.0 Å². The van der Waals surface area contributed by atoms with Crippen molar-refractivity contribution in [3.63, 3.8) is 0 Å². The molecule has 0 aliphatic carbocycles. The summed E-state index contributed by atoms with van der Waals surface area (Å²) in [5, 5.41) is 7.28. The highest BCUT2D eigenvalue weighted by atomic mass is 79.9. The van der Waals surface area contributed by atoms with Crippen LogP contribution in [0.15, 0.2) is 65.4 Å². The molecule has 4 rings (SSSR count). The minimum absolute atomic E-state index is 0.0337. The van der Waals surface area contributed by atoms with Crippen LogP contribution < -0.4 is 5.32 Å². The van der Waals surface area contributed by atoms with Gasteiger partial charge in [-0.25, -0.2) is 9.67 Å². The van der Waals surface area contributed by atoms with Crippen LogP contribution in [0.3, 0.4) is 0 Å². The van der Waals surface area contributed by atoms with Gasteiger partial charge in [0.05, 0.1) is 12.6 Å². The Morgan fingerprint density at radius 3 is 2.75 bits per heavy atom. The van der Waals surface area contributed by atoms with Crippen LogP contribution >= 0.6 is 15.9 Å². The minimum Gasteiger partial charge on any atom is -0.292 e. The van der Waals surface area contributed by atoms with Crippen molar-refractivity contribution in [2.75, 3.05) is 11.9 Å². The molecule has 28 heavy (non-hydrogen) atoms. The van der Waals surface area contributed by atoms with Crippen molar-refractivity contribution >= 4 is 27.8 Å². The van der Waals surface area contributed by atoms with E-state index in [1.54, 1.807) is 11.0 Å². The highest BCUT2D eigenvalue weighted by molar-refractivity contribution is 9.10. The van der Waals surface area contributed by atoms with E-state index in [0.29, 0.717) is 12.5 Å². The van der Waals surface area contributed by atoms with Gasteiger partial charge < -0.3 is 0 Å². The van der Waals surface area contributed by atoms with Crippen LogP contribution in [0.1, 0.15) is 24.0 Å². The van der Waals surface area contributed by atoms with Gasteiger partial charge in [0.1, 0.15) is 6.33 Å². The van der Waals surface area contributed by atoms with Gasteiger partial charge in [-0.3, -0.25) is 15.0 Å². The molecule has 7 heteroatoms. The van der Waals surface area contributed by atoms with Crippen LogP contribution in [0.25, 0.3) is 0 Å². The lowest BCUT2D eigenvalue weighted by Crippen LogP contribution is -2.39. The maximum atomic E-state index is 12.8. The maximum Gasteiger partial charge on any atom is 0.248 e. The molecule has 2 heterocycles. The molecular formula is C21H22BrN5O. The van der Waals surface area contributed by atoms with Gasteiger partial charge in [0.2, 0.25) is 11.9 Å². The fraction of sp³-hybridized carbons (Fsp3) is 0.286. The highest BCUT2D eigenvalue weighted by Gasteiger charge is 2.31. The number of hydrogen-bond acceptors (Lipinski definition) is 4. The van der Waals surface area contributed by atoms with E-state index in [4.69, 9.17) is 0 Å². The summed E-state index contributed by atoms with van der Waals surface area (Å²) in [6.07, 6.45) is 3.53. The van der Waals surface area contributed by atoms with E-state index in [2.05, 4.69) is 48.4 Å². The monoisotopic (exact) mass is 439 g/mol. The smallest absolute Gasteiger partial charge is 0.248 e. The Balaban J connectivity index is 1.37. The molecule has 1 atom stereocenters. The zero-order valence-corrected chi connectivity index (χ0v) is 17.0. The van der Waals surface area contributed by atoms with Gasteiger partial charge in [-0.15, -0.1) is 5.10 Å². The lowest BCUT2D eigenvalue weighted by molar-refractivity contribution is -0.120. The second-order valence-corrected chi connectivity index (χ2v) is 7.91. The van der Waals surface area contributed by atoms with Crippen LogP contribution in [0, 0.1) is 0 Å². The second kappa shape index (κ2) is 8.67. The standard InChI is InChI=1S/C21H22BrN5O/c22-18-9-4-8-17(12-18)14-27-15-23-21(25-27)24-20(28)19-10-5-11-26(19)13-16-6-2-1-3-7-16/h1-4,6-9,12,15,19H,5,10-11,13-14H2,(H,24,25,28). The summed E-state index contributed by atoms with van der Waals surface area (Å²) >= 11 is 3.47. The first-order valence-electron chi connectivity index (χ1n) is 9.40. The van der Waals surface area contributed by atoms with Crippen molar-refractivity contribution in [3.05, 3.63) is 76.5 Å². The van der Waals surface area contributed by atoms with E-state index in [-0.39, 0.29) is 11.9 Å². The normalized spacial score (nSPS) is 17.0. The molecule has 6 nitrogen and oxygen atoms in total. The summed E-state index contributed by atoms with van der Waals surface area (Å²) in [5.41, 5.74) is 2.33. The summed E-state index contributed by atoms with van der Waals surface area (Å²) in [6.45, 7) is 2.31. The summed E-state index contributed by atoms with van der Waals surface area (Å²) in [6, 6.07) is 18.2. The molecule has 0 bridgehead atoms. The van der Waals surface area contributed by atoms with E-state index < -0.39 is 0 Å². The third-order valence-corrected chi connectivity index (χ3v) is 5.39. The van der Waals surface area contributed by atoms with Gasteiger partial charge >= 0.3 is 0 Å². The van der Waals surface area contributed by atoms with Crippen LogP contribution in [0.5, 0.6) is 0 Å². The fourth-order valence-corrected chi connectivity index (χ4v) is 4.02. The zero-order valence-electron chi connectivity index (χ0n) is 15.5. The predicted molar refractivity (Wildman–Crippen MR) is 112 cm³/mol. The first kappa shape index (κ1) is 18.8. The average molecular weight is 440 g/mol. The van der Waals surface area contributed by atoms with E-state index in [9.17, 15) is 4.79 Å². The maximum absolute atomic E-state index is 12.8. The SMILES string of the molecule is O=C(Nc1ncn(Cc2cccc(Br)c2)n1)C1CCCN1Cc1ccccc1. The summed E-state index contributed by atoms with van der Waals surface area (Å²) in [5.74, 6) is 0.320. The Morgan fingerprint density at radius 2 is 1.93 bits per heavy atom. The van der Waals surface area contributed by atoms with Crippen LogP contribution in [0.4, 0.5) is 5.95 Å². The molecule has 0 radical (unpaired) electrons. The van der Waals surface area contributed by atoms with E-state index in [1.165, 1.54) is 5.56 Å². The Labute approximate surface area is 172 Å². The summed E-state index contributed by atoms with van der Waals surface area (Å²) < 4.78 is 2.76. The molecule has 3 aromatic rings. The number of benzene rings is 2. The van der Waals surface area contributed by atoms with Crippen molar-refractivity contribution in [1.29, 1.82) is 0 Å². The van der Waals surface area contributed by atoms with Crippen molar-refractivity contribution in [2.45, 2.75) is 32.0 Å². The van der Waals surface area contributed by atoms with E-state index >= 15 is 0 Å². The molecule has 0 spiro atoms. The van der Waals surface area contributed by atoms with Gasteiger partial charge in [0.25, 0.3) is 0 Å². The molecule has 1 N–H and O–H groups in total. The van der Waals surface area contributed by atoms with Crippen LogP contribution in [-0.4, -0.2) is 38.2 Å². The number of amides is 1. The molecule has 1 aliphatic heterocycles. The number of carbonyl (C=O) groups is 1. The largest absolute Gasteiger partial charge is 0.292 e. The quantitative estimate of drug-likeness (QED) is 0.635. The first-order valence-corrected chi connectivity index (χ1v) is 10.2. The van der Waals surface area contributed by atoms with Crippen molar-refractivity contribution < 1.29 is 4.79 Å². The van der Waals surface area contributed by atoms with Gasteiger partial charge in [-0.05, 0) is 42.6 Å². The van der Waals surface area contributed by atoms with Gasteiger partial charge in [0, 0.05) is 11.0 Å². The number of anilines is 1. The molecule has 2 aromatic carbocycles. The van der Waals surface area contributed by atoms with Crippen LogP contribution in [-0.2, 0) is 17.9 Å². The summed E-state index contributed by atoms with van der Waals surface area (Å²) in [7, 11) is 0. The molecule has 144 valence electrons. The number of likely N-dealkylation sites (tertiary alicyclic amines) is 1. The number of halogens is 1. The Hall–Kier alpha value is -2.51. The van der Waals surface area contributed by atoms with Crippen LogP contribution in [0.2, 0.25) is 0 Å². The Kier molecular flexibility index (Phi) is 5.83. The number of nitrogens with zero attached hydrogens (tertiary/aromatic N) is 4. The molecule has 1 fully saturated rings. The highest BCUT2D eigenvalue weighted by Crippen LogP contribution is 2.21. The second-order valence-electron chi connectivity index (χ2n) is 7.00. The minimum atomic E-state index is -0.141. The van der Waals surface area contributed by atoms with Crippen molar-refractivity contribution in [3.8, 4) is 0 Å². The van der Waals surface area contributed by atoms with Gasteiger partial charge in [0.15, 0.2) is 0 Å². The predicted octanol–water partition coefficient (Wildman–Crippen LogP) is 3.69.